The molecule has 7 aromatic rings. The molecule has 0 amide bonds. The van der Waals surface area contributed by atoms with Crippen LogP contribution in [0.15, 0.2) is 126 Å². The van der Waals surface area contributed by atoms with Crippen LogP contribution in [-0.4, -0.2) is 16.3 Å². The summed E-state index contributed by atoms with van der Waals surface area (Å²) in [4.78, 5) is 10.2. The lowest BCUT2D eigenvalue weighted by atomic mass is 9.79. The summed E-state index contributed by atoms with van der Waals surface area (Å²) in [6.45, 7) is 13.0. The average molecular weight is 645 g/mol. The molecule has 1 N–H and O–H groups in total. The fraction of sp³-hybridized carbons (Fsp3) is 0.182. The van der Waals surface area contributed by atoms with Gasteiger partial charge in [0.15, 0.2) is 0 Å². The standard InChI is InChI=1S/C44H40N2OS/c1-43(2,3)32-25-31(41(47)37(26-32)44(4,5)6)27-45-38-19-10-9-16-36(38)42-46-40-35(18-12-20-39(40)48-42)30-23-21-29(22-24-30)34-17-11-14-28-13-7-8-15-33(28)34/h7-27,47H,1-6H3. The Balaban J connectivity index is 1.25. The van der Waals surface area contributed by atoms with Crippen molar-refractivity contribution in [3.05, 3.63) is 138 Å². The van der Waals surface area contributed by atoms with Crippen LogP contribution >= 0.6 is 11.3 Å². The third-order valence-corrected chi connectivity index (χ3v) is 10.1. The summed E-state index contributed by atoms with van der Waals surface area (Å²) < 4.78 is 1.13. The maximum atomic E-state index is 11.3. The fourth-order valence-electron chi connectivity index (χ4n) is 6.27. The number of hydrogen-bond donors (Lipinski definition) is 1. The van der Waals surface area contributed by atoms with E-state index in [0.29, 0.717) is 0 Å². The minimum Gasteiger partial charge on any atom is -0.507 e. The maximum Gasteiger partial charge on any atom is 0.128 e. The molecule has 1 aromatic heterocycles. The van der Waals surface area contributed by atoms with E-state index in [0.717, 1.165) is 48.7 Å². The van der Waals surface area contributed by atoms with Crippen molar-refractivity contribution in [1.29, 1.82) is 0 Å². The van der Waals surface area contributed by atoms with Crippen LogP contribution in [0.3, 0.4) is 0 Å². The van der Waals surface area contributed by atoms with Gasteiger partial charge in [0.05, 0.1) is 15.9 Å². The number of aromatic nitrogens is 1. The molecule has 0 radical (unpaired) electrons. The summed E-state index contributed by atoms with van der Waals surface area (Å²) in [5, 5.41) is 14.8. The Morgan fingerprint density at radius 3 is 2.02 bits per heavy atom. The number of thiazole rings is 1. The normalized spacial score (nSPS) is 12.4. The van der Waals surface area contributed by atoms with Gasteiger partial charge in [-0.05, 0) is 68.1 Å². The molecule has 0 aliphatic heterocycles. The molecule has 48 heavy (non-hydrogen) atoms. The minimum atomic E-state index is -0.208. The molecule has 3 nitrogen and oxygen atoms in total. The summed E-state index contributed by atoms with van der Waals surface area (Å²) in [5.41, 5.74) is 9.99. The van der Waals surface area contributed by atoms with Crippen molar-refractivity contribution in [2.45, 2.75) is 52.4 Å². The zero-order chi connectivity index (χ0) is 33.6. The van der Waals surface area contributed by atoms with Gasteiger partial charge in [0, 0.05) is 28.5 Å². The number of phenolic OH excluding ortho intramolecular Hbond substituents is 1. The highest BCUT2D eigenvalue weighted by Gasteiger charge is 2.24. The molecular formula is C44H40N2OS. The predicted octanol–water partition coefficient (Wildman–Crippen LogP) is 12.5. The minimum absolute atomic E-state index is 0.0663. The van der Waals surface area contributed by atoms with Gasteiger partial charge in [0.1, 0.15) is 10.8 Å². The van der Waals surface area contributed by atoms with Crippen LogP contribution in [0.2, 0.25) is 0 Å². The number of fused-ring (bicyclic) bond motifs is 2. The largest absolute Gasteiger partial charge is 0.507 e. The van der Waals surface area contributed by atoms with Gasteiger partial charge in [-0.1, -0.05) is 139 Å². The molecule has 0 spiro atoms. The van der Waals surface area contributed by atoms with E-state index in [-0.39, 0.29) is 16.6 Å². The number of rotatable bonds is 5. The molecular weight excluding hydrogens is 605 g/mol. The van der Waals surface area contributed by atoms with E-state index < -0.39 is 0 Å². The van der Waals surface area contributed by atoms with Gasteiger partial charge in [0.2, 0.25) is 0 Å². The second-order valence-electron chi connectivity index (χ2n) is 14.5. The average Bonchev–Trinajstić information content (AvgIpc) is 3.51. The molecule has 0 unspecified atom stereocenters. The number of para-hydroxylation sites is 2. The van der Waals surface area contributed by atoms with Crippen LogP contribution in [0.25, 0.3) is 53.8 Å². The quantitative estimate of drug-likeness (QED) is 0.190. The first-order chi connectivity index (χ1) is 23.0. The lowest BCUT2D eigenvalue weighted by molar-refractivity contribution is 0.444. The molecule has 238 valence electrons. The van der Waals surface area contributed by atoms with E-state index in [1.165, 1.54) is 27.5 Å². The Bertz CT molecular complexity index is 2310. The maximum absolute atomic E-state index is 11.3. The van der Waals surface area contributed by atoms with Gasteiger partial charge >= 0.3 is 0 Å². The van der Waals surface area contributed by atoms with Crippen molar-refractivity contribution in [3.8, 4) is 38.6 Å². The van der Waals surface area contributed by atoms with Crippen LogP contribution in [0, 0.1) is 0 Å². The third-order valence-electron chi connectivity index (χ3n) is 9.01. The first-order valence-corrected chi connectivity index (χ1v) is 17.3. The summed E-state index contributed by atoms with van der Waals surface area (Å²) >= 11 is 1.68. The van der Waals surface area contributed by atoms with E-state index in [2.05, 4.69) is 145 Å². The smallest absolute Gasteiger partial charge is 0.128 e. The van der Waals surface area contributed by atoms with Crippen LogP contribution in [-0.2, 0) is 10.8 Å². The number of hydrogen-bond acceptors (Lipinski definition) is 4. The van der Waals surface area contributed by atoms with Crippen LogP contribution in [0.5, 0.6) is 5.75 Å². The highest BCUT2D eigenvalue weighted by atomic mass is 32.1. The van der Waals surface area contributed by atoms with Gasteiger partial charge in [-0.25, -0.2) is 4.98 Å². The van der Waals surface area contributed by atoms with Crippen molar-refractivity contribution < 1.29 is 5.11 Å². The van der Waals surface area contributed by atoms with E-state index in [4.69, 9.17) is 9.98 Å². The van der Waals surface area contributed by atoms with Crippen molar-refractivity contribution in [1.82, 2.24) is 4.98 Å². The Labute approximate surface area is 287 Å². The summed E-state index contributed by atoms with van der Waals surface area (Å²) in [6, 6.07) is 42.6. The van der Waals surface area contributed by atoms with Crippen molar-refractivity contribution in [3.63, 3.8) is 0 Å². The van der Waals surface area contributed by atoms with Crippen LogP contribution in [0.1, 0.15) is 58.2 Å². The zero-order valence-corrected chi connectivity index (χ0v) is 29.2. The van der Waals surface area contributed by atoms with Crippen LogP contribution in [0.4, 0.5) is 5.69 Å². The Morgan fingerprint density at radius 2 is 1.27 bits per heavy atom. The number of phenols is 1. The number of aromatic hydroxyl groups is 1. The molecule has 0 aliphatic carbocycles. The second-order valence-corrected chi connectivity index (χ2v) is 15.5. The zero-order valence-electron chi connectivity index (χ0n) is 28.4. The molecule has 6 aromatic carbocycles. The first-order valence-electron chi connectivity index (χ1n) is 16.5. The van der Waals surface area contributed by atoms with Crippen molar-refractivity contribution >= 4 is 44.2 Å². The van der Waals surface area contributed by atoms with E-state index in [1.807, 2.05) is 18.2 Å². The molecule has 1 heterocycles. The third kappa shape index (κ3) is 6.05. The molecule has 4 heteroatoms. The Morgan fingerprint density at radius 1 is 0.646 bits per heavy atom. The van der Waals surface area contributed by atoms with Gasteiger partial charge in [-0.2, -0.15) is 0 Å². The monoisotopic (exact) mass is 644 g/mol. The van der Waals surface area contributed by atoms with Crippen molar-refractivity contribution in [2.75, 3.05) is 0 Å². The van der Waals surface area contributed by atoms with E-state index in [1.54, 1.807) is 17.6 Å². The fourth-order valence-corrected chi connectivity index (χ4v) is 7.30. The van der Waals surface area contributed by atoms with Gasteiger partial charge in [0.25, 0.3) is 0 Å². The molecule has 0 saturated carbocycles. The molecule has 7 rings (SSSR count). The highest BCUT2D eigenvalue weighted by molar-refractivity contribution is 7.21. The number of nitrogens with zero attached hydrogens (tertiary/aromatic N) is 2. The lowest BCUT2D eigenvalue weighted by Gasteiger charge is -2.27. The van der Waals surface area contributed by atoms with E-state index >= 15 is 0 Å². The molecule has 0 saturated heterocycles. The van der Waals surface area contributed by atoms with Gasteiger partial charge in [-0.15, -0.1) is 11.3 Å². The molecule has 0 atom stereocenters. The van der Waals surface area contributed by atoms with Gasteiger partial charge in [-0.3, -0.25) is 4.99 Å². The summed E-state index contributed by atoms with van der Waals surface area (Å²) in [5.74, 6) is 0.285. The second kappa shape index (κ2) is 12.2. The number of benzene rings is 6. The SMILES string of the molecule is CC(C)(C)c1cc(C=Nc2ccccc2-c2nc3c(-c4ccc(-c5cccc6ccccc56)cc4)cccc3s2)c(O)c(C(C)(C)C)c1. The Kier molecular flexibility index (Phi) is 8.01. The molecule has 0 bridgehead atoms. The van der Waals surface area contributed by atoms with Crippen LogP contribution < -0.4 is 0 Å². The Hall–Kier alpha value is -5.06. The molecule has 0 aliphatic rings. The summed E-state index contributed by atoms with van der Waals surface area (Å²) in [6.07, 6.45) is 1.80. The predicted molar refractivity (Wildman–Crippen MR) is 206 cm³/mol. The topological polar surface area (TPSA) is 45.5 Å². The highest BCUT2D eigenvalue weighted by Crippen LogP contribution is 2.41. The first kappa shape index (κ1) is 31.5. The molecule has 0 fully saturated rings. The summed E-state index contributed by atoms with van der Waals surface area (Å²) in [7, 11) is 0. The van der Waals surface area contributed by atoms with Gasteiger partial charge < -0.3 is 5.11 Å². The number of aliphatic imine (C=N–C) groups is 1. The lowest BCUT2D eigenvalue weighted by Crippen LogP contribution is -2.17. The van der Waals surface area contributed by atoms with E-state index in [9.17, 15) is 5.11 Å². The van der Waals surface area contributed by atoms with Crippen molar-refractivity contribution in [2.24, 2.45) is 4.99 Å².